The van der Waals surface area contributed by atoms with Crippen LogP contribution in [-0.2, 0) is 0 Å². The fraction of sp³-hybridized carbons (Fsp3) is 0.0417. The van der Waals surface area contributed by atoms with Crippen LogP contribution < -0.4 is 4.90 Å². The van der Waals surface area contributed by atoms with Crippen LogP contribution in [0.1, 0.15) is 12.8 Å². The number of anilines is 2. The van der Waals surface area contributed by atoms with Crippen molar-refractivity contribution in [2.24, 2.45) is 0 Å². The summed E-state index contributed by atoms with van der Waals surface area (Å²) in [5.41, 5.74) is 13.2. The van der Waals surface area contributed by atoms with Crippen molar-refractivity contribution in [3.8, 4) is 22.5 Å². The lowest BCUT2D eigenvalue weighted by Gasteiger charge is -2.29. The molecule has 0 radical (unpaired) electrons. The highest BCUT2D eigenvalue weighted by molar-refractivity contribution is 6.19. The molecule has 0 amide bonds. The molecule has 0 saturated heterocycles. The van der Waals surface area contributed by atoms with E-state index in [0.717, 1.165) is 18.5 Å². The summed E-state index contributed by atoms with van der Waals surface area (Å²) in [6, 6.07) is 61.8. The van der Waals surface area contributed by atoms with Gasteiger partial charge in [0, 0.05) is 50.0 Å². The minimum atomic E-state index is 1.02. The number of rotatable bonds is 6. The Labute approximate surface area is 297 Å². The largest absolute Gasteiger partial charge is 0.314 e. The first-order chi connectivity index (χ1) is 25.3. The molecule has 7 aromatic carbocycles. The molecule has 0 N–H and O–H groups in total. The van der Waals surface area contributed by atoms with E-state index < -0.39 is 0 Å². The second-order valence-electron chi connectivity index (χ2n) is 13.3. The monoisotopic (exact) mass is 653 g/mol. The minimum Gasteiger partial charge on any atom is -0.314 e. The van der Waals surface area contributed by atoms with E-state index in [1.165, 1.54) is 77.5 Å². The lowest BCUT2D eigenvalue weighted by atomic mass is 10.0. The molecule has 0 fully saturated rings. The molecule has 0 saturated carbocycles. The summed E-state index contributed by atoms with van der Waals surface area (Å²) in [7, 11) is 0. The molecule has 51 heavy (non-hydrogen) atoms. The molecule has 0 spiro atoms. The fourth-order valence-electron chi connectivity index (χ4n) is 8.01. The Balaban J connectivity index is 1.17. The third-order valence-corrected chi connectivity index (χ3v) is 10.3. The van der Waals surface area contributed by atoms with Crippen molar-refractivity contribution in [1.29, 1.82) is 0 Å². The first-order valence-corrected chi connectivity index (χ1v) is 17.8. The Bertz CT molecular complexity index is 2770. The van der Waals surface area contributed by atoms with Crippen LogP contribution in [0.25, 0.3) is 66.1 Å². The van der Waals surface area contributed by atoms with Crippen LogP contribution in [0.15, 0.2) is 194 Å². The molecule has 0 bridgehead atoms. The van der Waals surface area contributed by atoms with E-state index in [1.807, 2.05) is 0 Å². The maximum atomic E-state index is 2.43. The van der Waals surface area contributed by atoms with Crippen LogP contribution in [0.5, 0.6) is 0 Å². The number of aromatic nitrogens is 2. The summed E-state index contributed by atoms with van der Waals surface area (Å²) in [4.78, 5) is 2.39. The zero-order valence-corrected chi connectivity index (χ0v) is 28.2. The van der Waals surface area contributed by atoms with Crippen LogP contribution in [0, 0.1) is 0 Å². The van der Waals surface area contributed by atoms with Gasteiger partial charge in [-0.15, -0.1) is 0 Å². The van der Waals surface area contributed by atoms with Gasteiger partial charge >= 0.3 is 0 Å². The third kappa shape index (κ3) is 4.89. The topological polar surface area (TPSA) is 13.1 Å². The number of hydrogen-bond donors (Lipinski definition) is 0. The van der Waals surface area contributed by atoms with Crippen molar-refractivity contribution in [2.45, 2.75) is 12.8 Å². The summed E-state index contributed by atoms with van der Waals surface area (Å²) in [6.45, 7) is 0. The van der Waals surface area contributed by atoms with Gasteiger partial charge in [0.2, 0.25) is 0 Å². The predicted molar refractivity (Wildman–Crippen MR) is 216 cm³/mol. The van der Waals surface area contributed by atoms with Crippen molar-refractivity contribution in [3.05, 3.63) is 194 Å². The Morgan fingerprint density at radius 2 is 0.941 bits per heavy atom. The summed E-state index contributed by atoms with van der Waals surface area (Å²) in [5.74, 6) is 0. The highest BCUT2D eigenvalue weighted by Gasteiger charge is 2.20. The molecule has 2 aromatic heterocycles. The van der Waals surface area contributed by atoms with Gasteiger partial charge in [-0.3, -0.25) is 0 Å². The number of nitrogens with zero attached hydrogens (tertiary/aromatic N) is 3. The maximum Gasteiger partial charge on any atom is 0.0548 e. The third-order valence-electron chi connectivity index (χ3n) is 10.3. The highest BCUT2D eigenvalue weighted by atomic mass is 15.1. The van der Waals surface area contributed by atoms with Crippen LogP contribution in [-0.4, -0.2) is 9.13 Å². The zero-order chi connectivity index (χ0) is 33.7. The number of para-hydroxylation sites is 4. The SMILES string of the molecule is C1=CCCC(N(c2ccccc2)c2ccc(-c3ccc4c(c3)c3cc5c(cc3n4-c3ccccc3)c3ccccc3n5-c3ccccc3)cc2)=C1. The second-order valence-corrected chi connectivity index (χ2v) is 13.3. The lowest BCUT2D eigenvalue weighted by molar-refractivity contribution is 0.918. The Morgan fingerprint density at radius 3 is 1.59 bits per heavy atom. The molecule has 3 nitrogen and oxygen atoms in total. The lowest BCUT2D eigenvalue weighted by Crippen LogP contribution is -2.17. The van der Waals surface area contributed by atoms with E-state index in [9.17, 15) is 0 Å². The maximum absolute atomic E-state index is 2.43. The van der Waals surface area contributed by atoms with Gasteiger partial charge in [-0.1, -0.05) is 103 Å². The van der Waals surface area contributed by atoms with E-state index in [-0.39, 0.29) is 0 Å². The number of allylic oxidation sites excluding steroid dienone is 4. The Kier molecular flexibility index (Phi) is 6.95. The van der Waals surface area contributed by atoms with Gasteiger partial charge in [-0.05, 0) is 109 Å². The molecule has 1 aliphatic rings. The quantitative estimate of drug-likeness (QED) is 0.174. The minimum absolute atomic E-state index is 1.02. The molecule has 1 aliphatic carbocycles. The number of fused-ring (bicyclic) bond motifs is 6. The van der Waals surface area contributed by atoms with Crippen LogP contribution in [0.3, 0.4) is 0 Å². The normalized spacial score (nSPS) is 13.0. The molecule has 0 atom stereocenters. The van der Waals surface area contributed by atoms with Gasteiger partial charge in [-0.2, -0.15) is 0 Å². The summed E-state index contributed by atoms with van der Waals surface area (Å²) in [6.07, 6.45) is 8.74. The van der Waals surface area contributed by atoms with Gasteiger partial charge in [-0.25, -0.2) is 0 Å². The van der Waals surface area contributed by atoms with E-state index >= 15 is 0 Å². The van der Waals surface area contributed by atoms with Gasteiger partial charge in [0.15, 0.2) is 0 Å². The van der Waals surface area contributed by atoms with Crippen LogP contribution >= 0.6 is 0 Å². The smallest absolute Gasteiger partial charge is 0.0548 e. The van der Waals surface area contributed by atoms with Gasteiger partial charge in [0.05, 0.1) is 22.1 Å². The molecule has 0 aliphatic heterocycles. The van der Waals surface area contributed by atoms with E-state index in [1.54, 1.807) is 0 Å². The molecule has 0 unspecified atom stereocenters. The van der Waals surface area contributed by atoms with Crippen molar-refractivity contribution in [2.75, 3.05) is 4.90 Å². The zero-order valence-electron chi connectivity index (χ0n) is 28.2. The van der Waals surface area contributed by atoms with E-state index in [4.69, 9.17) is 0 Å². The first-order valence-electron chi connectivity index (χ1n) is 17.8. The molecule has 2 heterocycles. The van der Waals surface area contributed by atoms with Gasteiger partial charge in [0.1, 0.15) is 0 Å². The van der Waals surface area contributed by atoms with Crippen LogP contribution in [0.2, 0.25) is 0 Å². The fourth-order valence-corrected chi connectivity index (χ4v) is 8.01. The summed E-state index contributed by atoms with van der Waals surface area (Å²) < 4.78 is 4.84. The van der Waals surface area contributed by atoms with Crippen molar-refractivity contribution >= 4 is 55.0 Å². The van der Waals surface area contributed by atoms with Gasteiger partial charge in [0.25, 0.3) is 0 Å². The highest BCUT2D eigenvalue weighted by Crippen LogP contribution is 2.41. The molecule has 3 heteroatoms. The molecule has 10 rings (SSSR count). The molecular formula is C48H35N3. The van der Waals surface area contributed by atoms with Crippen LogP contribution in [0.4, 0.5) is 11.4 Å². The molecule has 242 valence electrons. The number of benzene rings is 7. The average molecular weight is 654 g/mol. The standard InChI is InChI=1S/C48H35N3/c1-5-15-36(16-6-1)49(37-17-7-2-8-18-37)40-28-25-34(26-29-40)35-27-30-46-42(31-35)44-33-47-43(32-48(44)51(46)39-21-11-4-12-22-39)41-23-13-14-24-45(41)50(47)38-19-9-3-10-20-38/h1-7,9-17,19-33H,8,18H2. The summed E-state index contributed by atoms with van der Waals surface area (Å²) in [5, 5.41) is 5.00. The summed E-state index contributed by atoms with van der Waals surface area (Å²) >= 11 is 0. The van der Waals surface area contributed by atoms with Crippen molar-refractivity contribution in [1.82, 2.24) is 9.13 Å². The molecular weight excluding hydrogens is 619 g/mol. The van der Waals surface area contributed by atoms with E-state index in [0.29, 0.717) is 0 Å². The van der Waals surface area contributed by atoms with E-state index in [2.05, 4.69) is 202 Å². The average Bonchev–Trinajstić information content (AvgIpc) is 3.70. The first kappa shape index (κ1) is 29.3. The molecule has 9 aromatic rings. The predicted octanol–water partition coefficient (Wildman–Crippen LogP) is 12.9. The second kappa shape index (κ2) is 12.1. The Hall–Kier alpha value is -6.58. The Morgan fingerprint density at radius 1 is 0.412 bits per heavy atom. The van der Waals surface area contributed by atoms with Crippen molar-refractivity contribution in [3.63, 3.8) is 0 Å². The number of hydrogen-bond acceptors (Lipinski definition) is 1. The van der Waals surface area contributed by atoms with Crippen molar-refractivity contribution < 1.29 is 0 Å². The van der Waals surface area contributed by atoms with Gasteiger partial charge < -0.3 is 14.0 Å².